The molecule has 1 unspecified atom stereocenters. The topological polar surface area (TPSA) is 127 Å². The number of thioether (sulfide) groups is 1. The van der Waals surface area contributed by atoms with E-state index in [1.165, 1.54) is 36.0 Å². The number of nitrogens with one attached hydrogen (secondary N) is 1. The summed E-state index contributed by atoms with van der Waals surface area (Å²) in [7, 11) is 0. The second-order valence-corrected chi connectivity index (χ2v) is 11.3. The van der Waals surface area contributed by atoms with E-state index in [0.717, 1.165) is 29.4 Å². The summed E-state index contributed by atoms with van der Waals surface area (Å²) >= 11 is 1.52. The van der Waals surface area contributed by atoms with E-state index in [-0.39, 0.29) is 41.3 Å². The van der Waals surface area contributed by atoms with Crippen LogP contribution in [0.4, 0.5) is 10.1 Å². The van der Waals surface area contributed by atoms with E-state index < -0.39 is 23.0 Å². The van der Waals surface area contributed by atoms with Gasteiger partial charge >= 0.3 is 0 Å². The number of amidine groups is 1. The van der Waals surface area contributed by atoms with Gasteiger partial charge in [-0.1, -0.05) is 29.9 Å². The number of allylic oxidation sites excluding steroid dienone is 2. The summed E-state index contributed by atoms with van der Waals surface area (Å²) in [6.45, 7) is 7.53. The summed E-state index contributed by atoms with van der Waals surface area (Å²) in [6, 6.07) is 9.56. The van der Waals surface area contributed by atoms with Gasteiger partial charge in [-0.2, -0.15) is 0 Å². The van der Waals surface area contributed by atoms with Crippen LogP contribution in [0.5, 0.6) is 11.5 Å². The van der Waals surface area contributed by atoms with Crippen LogP contribution in [0.15, 0.2) is 99.4 Å². The number of carbonyl (C=O) groups is 2. The van der Waals surface area contributed by atoms with Crippen molar-refractivity contribution in [2.24, 2.45) is 10.1 Å². The monoisotopic (exact) mass is 617 g/mol. The molecule has 228 valence electrons. The Kier molecular flexibility index (Phi) is 8.91. The number of hydrogen-bond donors (Lipinski definition) is 3. The fraction of sp³-hybridized carbons (Fsp3) is 0.250. The lowest BCUT2D eigenvalue weighted by Crippen LogP contribution is -2.48. The van der Waals surface area contributed by atoms with Crippen molar-refractivity contribution in [2.45, 2.75) is 43.5 Å². The van der Waals surface area contributed by atoms with Gasteiger partial charge in [0.15, 0.2) is 11.5 Å². The first kappa shape index (κ1) is 30.6. The van der Waals surface area contributed by atoms with Crippen LogP contribution in [0, 0.1) is 0 Å². The molecule has 2 amide bonds. The molecule has 12 heteroatoms. The number of rotatable bonds is 8. The highest BCUT2D eigenvalue weighted by Gasteiger charge is 2.34. The molecule has 2 aromatic rings. The minimum Gasteiger partial charge on any atom is -0.507 e. The highest BCUT2D eigenvalue weighted by Crippen LogP contribution is 2.47. The maximum atomic E-state index is 16.2. The van der Waals surface area contributed by atoms with Crippen LogP contribution < -0.4 is 5.32 Å². The van der Waals surface area contributed by atoms with Crippen molar-refractivity contribution < 1.29 is 29.0 Å². The molecular weight excluding hydrogens is 585 g/mol. The zero-order valence-electron chi connectivity index (χ0n) is 24.5. The van der Waals surface area contributed by atoms with Crippen molar-refractivity contribution in [3.8, 4) is 11.5 Å². The van der Waals surface area contributed by atoms with Gasteiger partial charge < -0.3 is 24.9 Å². The molecular formula is C32H32FN5O5S. The van der Waals surface area contributed by atoms with Crippen LogP contribution in [0.25, 0.3) is 0 Å². The maximum Gasteiger partial charge on any atom is 0.250 e. The third kappa shape index (κ3) is 5.98. The molecule has 0 saturated heterocycles. The lowest BCUT2D eigenvalue weighted by molar-refractivity contribution is -0.125. The lowest BCUT2D eigenvalue weighted by atomic mass is 10.0. The second kappa shape index (κ2) is 12.8. The van der Waals surface area contributed by atoms with Gasteiger partial charge in [0.05, 0.1) is 22.9 Å². The van der Waals surface area contributed by atoms with Gasteiger partial charge in [0.25, 0.3) is 0 Å². The fourth-order valence-electron chi connectivity index (χ4n) is 5.15. The van der Waals surface area contributed by atoms with Crippen LogP contribution >= 0.6 is 11.8 Å². The molecule has 2 heterocycles. The van der Waals surface area contributed by atoms with Gasteiger partial charge in [0.2, 0.25) is 18.2 Å². The number of carbonyl (C=O) groups excluding carboxylic acids is 2. The van der Waals surface area contributed by atoms with Crippen molar-refractivity contribution >= 4 is 41.3 Å². The van der Waals surface area contributed by atoms with Crippen molar-refractivity contribution in [1.82, 2.24) is 15.1 Å². The Morgan fingerprint density at radius 3 is 2.57 bits per heavy atom. The Morgan fingerprint density at radius 1 is 1.23 bits per heavy atom. The van der Waals surface area contributed by atoms with E-state index in [0.29, 0.717) is 23.7 Å². The molecule has 44 heavy (non-hydrogen) atoms. The van der Waals surface area contributed by atoms with Crippen molar-refractivity contribution in [2.75, 3.05) is 12.8 Å². The lowest BCUT2D eigenvalue weighted by Gasteiger charge is -2.39. The number of nitrogens with zero attached hydrogens (tertiary/aromatic N) is 4. The highest BCUT2D eigenvalue weighted by atomic mass is 32.2. The largest absolute Gasteiger partial charge is 0.507 e. The minimum absolute atomic E-state index is 0.0420. The number of para-hydroxylation sites is 1. The number of aliphatic imine (C=N–C) groups is 1. The molecule has 1 saturated carbocycles. The van der Waals surface area contributed by atoms with Gasteiger partial charge in [0.1, 0.15) is 17.3 Å². The van der Waals surface area contributed by atoms with Crippen molar-refractivity contribution in [3.05, 3.63) is 95.4 Å². The molecule has 2 aromatic carbocycles. The molecule has 3 aliphatic rings. The number of phenols is 2. The first-order valence-corrected chi connectivity index (χ1v) is 15.2. The first-order chi connectivity index (χ1) is 21.2. The highest BCUT2D eigenvalue weighted by molar-refractivity contribution is 7.98. The number of amides is 2. The third-order valence-electron chi connectivity index (χ3n) is 7.50. The number of phenolic OH excluding ortho intramolecular Hbond substituents is 2. The predicted octanol–water partition coefficient (Wildman–Crippen LogP) is 5.55. The van der Waals surface area contributed by atoms with E-state index in [2.05, 4.69) is 17.1 Å². The van der Waals surface area contributed by atoms with E-state index in [1.807, 2.05) is 31.4 Å². The molecule has 1 fully saturated rings. The summed E-state index contributed by atoms with van der Waals surface area (Å²) in [4.78, 5) is 39.4. The molecule has 2 aliphatic heterocycles. The van der Waals surface area contributed by atoms with Crippen molar-refractivity contribution in [1.29, 1.82) is 0 Å². The van der Waals surface area contributed by atoms with E-state index in [9.17, 15) is 19.8 Å². The van der Waals surface area contributed by atoms with Gasteiger partial charge in [-0.25, -0.2) is 9.38 Å². The quantitative estimate of drug-likeness (QED) is 0.117. The Labute approximate surface area is 258 Å². The Balaban J connectivity index is 1.75. The number of hydrogen-bond acceptors (Lipinski definition) is 8. The molecule has 0 aromatic heterocycles. The number of halogens is 1. The summed E-state index contributed by atoms with van der Waals surface area (Å²) in [5.74, 6) is -1.73. The molecule has 5 rings (SSSR count). The summed E-state index contributed by atoms with van der Waals surface area (Å²) in [5.41, 5.74) is 1.63. The zero-order chi connectivity index (χ0) is 31.5. The zero-order valence-corrected chi connectivity index (χ0v) is 25.3. The van der Waals surface area contributed by atoms with E-state index in [1.54, 1.807) is 22.9 Å². The summed E-state index contributed by atoms with van der Waals surface area (Å²) in [6.07, 6.45) is 8.42. The van der Waals surface area contributed by atoms with Gasteiger partial charge in [-0.15, -0.1) is 11.8 Å². The van der Waals surface area contributed by atoms with Gasteiger partial charge in [-0.3, -0.25) is 14.9 Å². The molecule has 10 nitrogen and oxygen atoms in total. The van der Waals surface area contributed by atoms with Crippen LogP contribution in [0.2, 0.25) is 0 Å². The Morgan fingerprint density at radius 2 is 1.93 bits per heavy atom. The molecule has 1 aliphatic carbocycles. The molecule has 0 spiro atoms. The SMILES string of the molecule is C=CC(=O)N1CC(C)N(C(=Nc2c(SC)cccc2C2CC2)C2=C(NC=O)ON=C(c3c(O)cccc3O)C(F)=C2)C=C1C. The van der Waals surface area contributed by atoms with Crippen LogP contribution in [-0.4, -0.2) is 62.7 Å². The molecule has 3 N–H and O–H groups in total. The molecule has 1 atom stereocenters. The normalized spacial score (nSPS) is 19.0. The Hall–Kier alpha value is -4.84. The van der Waals surface area contributed by atoms with E-state index >= 15 is 4.39 Å². The first-order valence-electron chi connectivity index (χ1n) is 13.9. The van der Waals surface area contributed by atoms with Gasteiger partial charge in [0, 0.05) is 23.3 Å². The fourth-order valence-corrected chi connectivity index (χ4v) is 5.72. The number of benzene rings is 2. The average molecular weight is 618 g/mol. The summed E-state index contributed by atoms with van der Waals surface area (Å²) < 4.78 is 16.2. The molecule has 0 bridgehead atoms. The van der Waals surface area contributed by atoms with Gasteiger partial charge in [-0.05, 0) is 74.8 Å². The number of oxime groups is 1. The van der Waals surface area contributed by atoms with Crippen LogP contribution in [0.1, 0.15) is 43.7 Å². The van der Waals surface area contributed by atoms with E-state index in [4.69, 9.17) is 9.83 Å². The standard InChI is InChI=1S/C32H32FN5O5S/c1-5-27(42)37-15-19(3)38(16-18(37)2)31(35-29-21(20-12-13-20)8-6-11-26(29)44-4)22-14-23(33)30(36-43-32(22)34-17-39)28-24(40)9-7-10-25(28)41/h5-11,14,16-17,19-20,40-41H,1,12-13,15H2,2-4H3,(H,34,39). The minimum atomic E-state index is -0.957. The summed E-state index contributed by atoms with van der Waals surface area (Å²) in [5, 5.41) is 27.2. The average Bonchev–Trinajstić information content (AvgIpc) is 3.86. The number of aromatic hydroxyl groups is 2. The maximum absolute atomic E-state index is 16.2. The van der Waals surface area contributed by atoms with Crippen LogP contribution in [-0.2, 0) is 14.4 Å². The second-order valence-electron chi connectivity index (χ2n) is 10.5. The Bertz CT molecular complexity index is 1660. The van der Waals surface area contributed by atoms with Crippen LogP contribution in [0.3, 0.4) is 0 Å². The predicted molar refractivity (Wildman–Crippen MR) is 167 cm³/mol. The van der Waals surface area contributed by atoms with Crippen molar-refractivity contribution in [3.63, 3.8) is 0 Å². The smallest absolute Gasteiger partial charge is 0.250 e. The third-order valence-corrected chi connectivity index (χ3v) is 8.27. The molecule has 0 radical (unpaired) electrons.